The van der Waals surface area contributed by atoms with E-state index in [0.29, 0.717) is 18.7 Å². The normalized spacial score (nSPS) is 26.6. The van der Waals surface area contributed by atoms with Gasteiger partial charge < -0.3 is 20.2 Å². The van der Waals surface area contributed by atoms with Crippen LogP contribution in [-0.2, 0) is 4.74 Å². The Morgan fingerprint density at radius 3 is 2.93 bits per heavy atom. The zero-order valence-electron chi connectivity index (χ0n) is 8.06. The van der Waals surface area contributed by atoms with Crippen LogP contribution in [0.4, 0.5) is 12.0 Å². The predicted molar refractivity (Wildman–Crippen MR) is 50.8 cm³/mol. The fourth-order valence-corrected chi connectivity index (χ4v) is 1.54. The first-order valence-electron chi connectivity index (χ1n) is 4.72. The van der Waals surface area contributed by atoms with E-state index in [0.717, 1.165) is 12.8 Å². The number of ether oxygens (including phenoxy) is 1. The Balaban J connectivity index is 1.77. The molecule has 1 aliphatic heterocycles. The number of nitrogens with zero attached hydrogens (tertiary/aromatic N) is 2. The third-order valence-corrected chi connectivity index (χ3v) is 2.24. The summed E-state index contributed by atoms with van der Waals surface area (Å²) in [7, 11) is 0. The average Bonchev–Trinajstić information content (AvgIpc) is 2.72. The van der Waals surface area contributed by atoms with Gasteiger partial charge in [0.15, 0.2) is 0 Å². The molecule has 0 bridgehead atoms. The highest BCUT2D eigenvalue weighted by Gasteiger charge is 2.21. The van der Waals surface area contributed by atoms with Gasteiger partial charge in [0.1, 0.15) is 0 Å². The van der Waals surface area contributed by atoms with Gasteiger partial charge in [0, 0.05) is 6.54 Å². The highest BCUT2D eigenvalue weighted by Crippen LogP contribution is 2.19. The zero-order chi connectivity index (χ0) is 9.97. The van der Waals surface area contributed by atoms with E-state index in [2.05, 4.69) is 22.4 Å². The molecule has 2 unspecified atom stereocenters. The van der Waals surface area contributed by atoms with Crippen LogP contribution in [0.2, 0.25) is 0 Å². The van der Waals surface area contributed by atoms with Crippen LogP contribution >= 0.6 is 0 Å². The number of nitrogens with one attached hydrogen (secondary N) is 1. The summed E-state index contributed by atoms with van der Waals surface area (Å²) in [6.45, 7) is 2.76. The number of nitrogen functional groups attached to an aromatic ring is 1. The molecule has 0 radical (unpaired) electrons. The predicted octanol–water partition coefficient (Wildman–Crippen LogP) is 0.631. The monoisotopic (exact) mass is 198 g/mol. The van der Waals surface area contributed by atoms with Crippen LogP contribution < -0.4 is 11.1 Å². The molecule has 0 spiro atoms. The molecule has 2 heterocycles. The number of aromatic nitrogens is 2. The molecular formula is C8H14N4O2. The fourth-order valence-electron chi connectivity index (χ4n) is 1.54. The van der Waals surface area contributed by atoms with E-state index in [4.69, 9.17) is 14.9 Å². The molecule has 78 valence electrons. The van der Waals surface area contributed by atoms with Crippen LogP contribution in [0.1, 0.15) is 19.8 Å². The molecule has 6 heteroatoms. The molecule has 0 amide bonds. The highest BCUT2D eigenvalue weighted by molar-refractivity contribution is 5.22. The summed E-state index contributed by atoms with van der Waals surface area (Å²) in [4.78, 5) is 0. The number of hydrogen-bond acceptors (Lipinski definition) is 6. The van der Waals surface area contributed by atoms with Crippen LogP contribution in [0, 0.1) is 0 Å². The fraction of sp³-hybridized carbons (Fsp3) is 0.750. The van der Waals surface area contributed by atoms with Gasteiger partial charge >= 0.3 is 12.0 Å². The summed E-state index contributed by atoms with van der Waals surface area (Å²) in [5.41, 5.74) is 5.27. The Morgan fingerprint density at radius 2 is 2.36 bits per heavy atom. The van der Waals surface area contributed by atoms with Crippen molar-refractivity contribution in [2.24, 2.45) is 0 Å². The van der Waals surface area contributed by atoms with Crippen molar-refractivity contribution >= 4 is 12.0 Å². The van der Waals surface area contributed by atoms with Gasteiger partial charge in [0.05, 0.1) is 12.2 Å². The number of hydrogen-bond donors (Lipinski definition) is 2. The standard InChI is InChI=1S/C8H14N4O2/c1-5-2-3-6(13-5)4-10-8-12-11-7(9)14-8/h5-6H,2-4H2,1H3,(H2,9,11)(H,10,12). The van der Waals surface area contributed by atoms with E-state index in [1.165, 1.54) is 0 Å². The van der Waals surface area contributed by atoms with E-state index in [1.54, 1.807) is 0 Å². The van der Waals surface area contributed by atoms with Gasteiger partial charge in [-0.3, -0.25) is 0 Å². The van der Waals surface area contributed by atoms with Crippen LogP contribution in [0.3, 0.4) is 0 Å². The van der Waals surface area contributed by atoms with Crippen LogP contribution in [0.15, 0.2) is 4.42 Å². The summed E-state index contributed by atoms with van der Waals surface area (Å²) in [6, 6.07) is 0.430. The second kappa shape index (κ2) is 3.83. The largest absolute Gasteiger partial charge is 0.390 e. The maximum Gasteiger partial charge on any atom is 0.316 e. The van der Waals surface area contributed by atoms with Gasteiger partial charge in [-0.05, 0) is 19.8 Å². The van der Waals surface area contributed by atoms with Gasteiger partial charge in [-0.15, -0.1) is 0 Å². The summed E-state index contributed by atoms with van der Waals surface area (Å²) in [5, 5.41) is 10.2. The molecular weight excluding hydrogens is 184 g/mol. The lowest BCUT2D eigenvalue weighted by atomic mass is 10.2. The Hall–Kier alpha value is -1.30. The third kappa shape index (κ3) is 2.14. The molecule has 2 rings (SSSR count). The second-order valence-electron chi connectivity index (χ2n) is 3.47. The smallest absolute Gasteiger partial charge is 0.316 e. The first kappa shape index (κ1) is 9.26. The number of anilines is 2. The summed E-state index contributed by atoms with van der Waals surface area (Å²) in [6.07, 6.45) is 2.77. The minimum atomic E-state index is 0.0770. The first-order valence-corrected chi connectivity index (χ1v) is 4.72. The van der Waals surface area contributed by atoms with Crippen LogP contribution in [0.25, 0.3) is 0 Å². The van der Waals surface area contributed by atoms with E-state index in [1.807, 2.05) is 0 Å². The molecule has 1 saturated heterocycles. The van der Waals surface area contributed by atoms with E-state index < -0.39 is 0 Å². The molecule has 1 aliphatic rings. The third-order valence-electron chi connectivity index (χ3n) is 2.24. The summed E-state index contributed by atoms with van der Waals surface area (Å²) < 4.78 is 10.6. The average molecular weight is 198 g/mol. The van der Waals surface area contributed by atoms with Crippen molar-refractivity contribution in [2.75, 3.05) is 17.6 Å². The van der Waals surface area contributed by atoms with E-state index in [9.17, 15) is 0 Å². The van der Waals surface area contributed by atoms with Crippen molar-refractivity contribution in [1.82, 2.24) is 10.2 Å². The van der Waals surface area contributed by atoms with Gasteiger partial charge in [-0.1, -0.05) is 10.2 Å². The summed E-state index contributed by atoms with van der Waals surface area (Å²) >= 11 is 0. The molecule has 0 aromatic carbocycles. The molecule has 2 atom stereocenters. The van der Waals surface area contributed by atoms with E-state index >= 15 is 0 Å². The second-order valence-corrected chi connectivity index (χ2v) is 3.47. The maximum absolute atomic E-state index is 5.61. The van der Waals surface area contributed by atoms with Crippen molar-refractivity contribution in [2.45, 2.75) is 32.0 Å². The quantitative estimate of drug-likeness (QED) is 0.740. The van der Waals surface area contributed by atoms with Gasteiger partial charge in [0.2, 0.25) is 0 Å². The lowest BCUT2D eigenvalue weighted by Crippen LogP contribution is -2.19. The number of rotatable bonds is 3. The van der Waals surface area contributed by atoms with Gasteiger partial charge in [-0.2, -0.15) is 0 Å². The Bertz CT molecular complexity index is 301. The van der Waals surface area contributed by atoms with Crippen LogP contribution in [0.5, 0.6) is 0 Å². The Kier molecular flexibility index (Phi) is 2.53. The van der Waals surface area contributed by atoms with Crippen LogP contribution in [-0.4, -0.2) is 29.0 Å². The van der Waals surface area contributed by atoms with Crippen molar-refractivity contribution in [3.63, 3.8) is 0 Å². The van der Waals surface area contributed by atoms with Gasteiger partial charge in [-0.25, -0.2) is 0 Å². The lowest BCUT2D eigenvalue weighted by Gasteiger charge is -2.10. The maximum atomic E-state index is 5.61. The van der Waals surface area contributed by atoms with Crippen molar-refractivity contribution in [3.8, 4) is 0 Å². The van der Waals surface area contributed by atoms with Gasteiger partial charge in [0.25, 0.3) is 0 Å². The molecule has 14 heavy (non-hydrogen) atoms. The molecule has 0 saturated carbocycles. The Morgan fingerprint density at radius 1 is 1.50 bits per heavy atom. The van der Waals surface area contributed by atoms with E-state index in [-0.39, 0.29) is 12.1 Å². The minimum Gasteiger partial charge on any atom is -0.390 e. The topological polar surface area (TPSA) is 86.2 Å². The molecule has 6 nitrogen and oxygen atoms in total. The zero-order valence-corrected chi connectivity index (χ0v) is 8.06. The lowest BCUT2D eigenvalue weighted by molar-refractivity contribution is 0.0634. The SMILES string of the molecule is CC1CCC(CNc2nnc(N)o2)O1. The van der Waals surface area contributed by atoms with Crippen molar-refractivity contribution in [3.05, 3.63) is 0 Å². The molecule has 1 aromatic rings. The van der Waals surface area contributed by atoms with Crippen molar-refractivity contribution < 1.29 is 9.15 Å². The summed E-state index contributed by atoms with van der Waals surface area (Å²) in [5.74, 6) is 0. The molecule has 0 aliphatic carbocycles. The highest BCUT2D eigenvalue weighted by atomic mass is 16.5. The first-order chi connectivity index (χ1) is 6.74. The molecule has 1 aromatic heterocycles. The Labute approximate surface area is 81.8 Å². The van der Waals surface area contributed by atoms with Crippen molar-refractivity contribution in [1.29, 1.82) is 0 Å². The molecule has 3 N–H and O–H groups in total. The minimum absolute atomic E-state index is 0.0770. The number of nitrogens with two attached hydrogens (primary N) is 1. The molecule has 1 fully saturated rings.